The third-order valence-electron chi connectivity index (χ3n) is 6.71. The molecule has 1 aliphatic rings. The number of rotatable bonds is 10. The molecule has 0 aliphatic carbocycles. The van der Waals surface area contributed by atoms with Crippen molar-refractivity contribution in [2.24, 2.45) is 16.8 Å². The number of alkyl halides is 6. The van der Waals surface area contributed by atoms with E-state index in [9.17, 15) is 30.7 Å². The van der Waals surface area contributed by atoms with Crippen LogP contribution < -0.4 is 10.5 Å². The van der Waals surface area contributed by atoms with Gasteiger partial charge >= 0.3 is 20.0 Å². The Hall–Kier alpha value is -4.28. The van der Waals surface area contributed by atoms with E-state index in [1.165, 1.54) is 24.3 Å². The van der Waals surface area contributed by atoms with Crippen molar-refractivity contribution in [2.45, 2.75) is 12.4 Å². The summed E-state index contributed by atoms with van der Waals surface area (Å²) in [6, 6.07) is 13.9. The lowest BCUT2D eigenvalue weighted by molar-refractivity contribution is -0.167. The lowest BCUT2D eigenvalue weighted by Crippen LogP contribution is -2.29. The summed E-state index contributed by atoms with van der Waals surface area (Å²) in [4.78, 5) is 4.51. The molecule has 0 spiro atoms. The molecule has 0 aromatic heterocycles. The predicted molar refractivity (Wildman–Crippen MR) is 150 cm³/mol. The highest BCUT2D eigenvalue weighted by molar-refractivity contribution is 6.27. The van der Waals surface area contributed by atoms with Crippen molar-refractivity contribution in [3.63, 3.8) is 0 Å². The molecule has 41 heavy (non-hydrogen) atoms. The highest BCUT2D eigenvalue weighted by atomic mass is 19.4. The maximum absolute atomic E-state index is 13.7. The van der Waals surface area contributed by atoms with Crippen LogP contribution in [0.3, 0.4) is 0 Å². The van der Waals surface area contributed by atoms with Gasteiger partial charge in [-0.15, -0.1) is 13.2 Å². The Balaban J connectivity index is 1.65. The molecule has 1 aliphatic heterocycles. The van der Waals surface area contributed by atoms with Gasteiger partial charge in [0, 0.05) is 22.6 Å². The zero-order chi connectivity index (χ0) is 29.8. The zero-order valence-corrected chi connectivity index (χ0v) is 21.5. The Morgan fingerprint density at radius 2 is 1.66 bits per heavy atom. The van der Waals surface area contributed by atoms with Crippen LogP contribution in [0.4, 0.5) is 36.3 Å². The van der Waals surface area contributed by atoms with Gasteiger partial charge in [0.2, 0.25) is 0 Å². The van der Waals surface area contributed by atoms with Crippen LogP contribution in [-0.4, -0.2) is 26.2 Å². The second-order valence-electron chi connectivity index (χ2n) is 9.13. The Bertz CT molecular complexity index is 1540. The normalized spacial score (nSPS) is 16.1. The quantitative estimate of drug-likeness (QED) is 0.111. The molecule has 0 amide bonds. The van der Waals surface area contributed by atoms with Crippen LogP contribution >= 0.6 is 0 Å². The van der Waals surface area contributed by atoms with E-state index in [4.69, 9.17) is 0 Å². The van der Waals surface area contributed by atoms with Crippen LogP contribution in [0.1, 0.15) is 11.1 Å². The van der Waals surface area contributed by atoms with Gasteiger partial charge in [0.05, 0.1) is 18.0 Å². The Labute approximate surface area is 233 Å². The number of hydrogen-bond acceptors (Lipinski definition) is 2. The van der Waals surface area contributed by atoms with E-state index in [-0.39, 0.29) is 25.4 Å². The van der Waals surface area contributed by atoms with E-state index in [2.05, 4.69) is 28.7 Å². The number of nitrogens with zero attached hydrogens (tertiary/aromatic N) is 1. The second-order valence-corrected chi connectivity index (χ2v) is 9.13. The highest BCUT2D eigenvalue weighted by Gasteiger charge is 2.42. The fourth-order valence-corrected chi connectivity index (χ4v) is 4.92. The van der Waals surface area contributed by atoms with Crippen LogP contribution in [0, 0.1) is 11.8 Å². The largest absolute Gasteiger partial charge is 0.487 e. The second kappa shape index (κ2) is 12.1. The SMILES string of the molecule is C=CC(C(/C=C\CN=C1Nc2ccc(-c3ccccc3C(F)(F)F)c3cccc1c23)=C/N[B]F)C(C=C)C(F)(F)F. The number of amidine groups is 1. The van der Waals surface area contributed by atoms with Crippen LogP contribution in [-0.2, 0) is 6.18 Å². The van der Waals surface area contributed by atoms with Crippen molar-refractivity contribution in [2.75, 3.05) is 11.9 Å². The van der Waals surface area contributed by atoms with Crippen LogP contribution in [0.5, 0.6) is 0 Å². The van der Waals surface area contributed by atoms with Crippen molar-refractivity contribution >= 4 is 30.0 Å². The molecule has 211 valence electrons. The summed E-state index contributed by atoms with van der Waals surface area (Å²) < 4.78 is 94.4. The molecule has 0 fully saturated rings. The molecular weight excluding hydrogens is 546 g/mol. The first-order valence-corrected chi connectivity index (χ1v) is 12.4. The first kappa shape index (κ1) is 29.7. The molecular formula is C30H24BF7N3. The number of hydrogen-bond donors (Lipinski definition) is 2. The monoisotopic (exact) mass is 570 g/mol. The summed E-state index contributed by atoms with van der Waals surface area (Å²) in [5, 5.41) is 6.65. The van der Waals surface area contributed by atoms with Crippen molar-refractivity contribution < 1.29 is 30.7 Å². The van der Waals surface area contributed by atoms with Crippen molar-refractivity contribution in [3.8, 4) is 11.1 Å². The fourth-order valence-electron chi connectivity index (χ4n) is 4.92. The maximum Gasteiger partial charge on any atom is 0.487 e. The van der Waals surface area contributed by atoms with Gasteiger partial charge in [-0.3, -0.25) is 4.99 Å². The minimum absolute atomic E-state index is 0.0434. The molecule has 2 N–H and O–H groups in total. The third-order valence-corrected chi connectivity index (χ3v) is 6.71. The molecule has 3 aromatic rings. The van der Waals surface area contributed by atoms with Gasteiger partial charge in [-0.1, -0.05) is 66.8 Å². The summed E-state index contributed by atoms with van der Waals surface area (Å²) >= 11 is 0. The summed E-state index contributed by atoms with van der Waals surface area (Å²) in [6.07, 6.45) is -3.22. The molecule has 0 saturated heterocycles. The molecule has 3 nitrogen and oxygen atoms in total. The van der Waals surface area contributed by atoms with E-state index in [0.717, 1.165) is 24.4 Å². The van der Waals surface area contributed by atoms with Gasteiger partial charge in [0.25, 0.3) is 0 Å². The molecule has 1 heterocycles. The van der Waals surface area contributed by atoms with Gasteiger partial charge < -0.3 is 14.9 Å². The minimum atomic E-state index is -4.59. The van der Waals surface area contributed by atoms with Crippen molar-refractivity contribution in [1.29, 1.82) is 0 Å². The van der Waals surface area contributed by atoms with Gasteiger partial charge in [0.15, 0.2) is 0 Å². The van der Waals surface area contributed by atoms with E-state index in [1.807, 2.05) is 0 Å². The summed E-state index contributed by atoms with van der Waals surface area (Å²) in [5.74, 6) is -2.72. The van der Waals surface area contributed by atoms with E-state index in [0.29, 0.717) is 33.4 Å². The number of anilines is 1. The number of aliphatic imine (C=N–C) groups is 1. The predicted octanol–water partition coefficient (Wildman–Crippen LogP) is 8.40. The highest BCUT2D eigenvalue weighted by Crippen LogP contribution is 2.43. The van der Waals surface area contributed by atoms with Gasteiger partial charge in [-0.25, -0.2) is 0 Å². The molecule has 0 saturated carbocycles. The van der Waals surface area contributed by atoms with Crippen LogP contribution in [0.2, 0.25) is 0 Å². The van der Waals surface area contributed by atoms with Gasteiger partial charge in [-0.2, -0.15) is 26.3 Å². The van der Waals surface area contributed by atoms with Gasteiger partial charge in [0.1, 0.15) is 5.84 Å². The third kappa shape index (κ3) is 6.24. The number of allylic oxidation sites excluding steroid dienone is 4. The standard InChI is InChI=1S/C30H24BF7N3/c1-3-19(24(4-2)29(32,33)34)18(17-40-31-38)9-8-16-39-28-23-12-7-11-22-20(14-15-26(41-28)27(22)23)21-10-5-6-13-25(21)30(35,36)37/h3-15,17,19,24,40H,1-2,16H2,(H,39,41)/b9-8-,18-17+. The lowest BCUT2D eigenvalue weighted by atomic mass is 9.85. The Morgan fingerprint density at radius 1 is 0.927 bits per heavy atom. The number of halogens is 7. The van der Waals surface area contributed by atoms with Crippen LogP contribution in [0.25, 0.3) is 21.9 Å². The number of nitrogens with one attached hydrogen (secondary N) is 2. The first-order chi connectivity index (χ1) is 19.5. The molecule has 0 bridgehead atoms. The van der Waals surface area contributed by atoms with Gasteiger partial charge in [-0.05, 0) is 40.4 Å². The summed E-state index contributed by atoms with van der Waals surface area (Å²) in [6.45, 7) is 6.83. The smallest absolute Gasteiger partial charge is 0.408 e. The zero-order valence-electron chi connectivity index (χ0n) is 21.5. The molecule has 2 atom stereocenters. The van der Waals surface area contributed by atoms with Crippen LogP contribution in [0.15, 0.2) is 109 Å². The molecule has 1 radical (unpaired) electrons. The average molecular weight is 570 g/mol. The van der Waals surface area contributed by atoms with E-state index >= 15 is 0 Å². The Morgan fingerprint density at radius 3 is 2.32 bits per heavy atom. The lowest BCUT2D eigenvalue weighted by Gasteiger charge is -2.25. The first-order valence-electron chi connectivity index (χ1n) is 12.4. The van der Waals surface area contributed by atoms with E-state index < -0.39 is 29.8 Å². The number of benzene rings is 3. The molecule has 11 heteroatoms. The Kier molecular flexibility index (Phi) is 8.75. The summed E-state index contributed by atoms with van der Waals surface area (Å²) in [5.41, 5.74) is 1.19. The summed E-state index contributed by atoms with van der Waals surface area (Å²) in [7, 11) is 0.0897. The van der Waals surface area contributed by atoms with Crippen molar-refractivity contribution in [3.05, 3.63) is 115 Å². The topological polar surface area (TPSA) is 36.4 Å². The minimum Gasteiger partial charge on any atom is -0.408 e. The maximum atomic E-state index is 13.7. The van der Waals surface area contributed by atoms with Crippen molar-refractivity contribution in [1.82, 2.24) is 5.23 Å². The molecule has 4 rings (SSSR count). The fraction of sp³-hybridized carbons (Fsp3) is 0.167. The molecule has 2 unspecified atom stereocenters. The average Bonchev–Trinajstić information content (AvgIpc) is 3.29. The molecule has 3 aromatic carbocycles. The van der Waals surface area contributed by atoms with E-state index in [1.54, 1.807) is 36.4 Å².